The summed E-state index contributed by atoms with van der Waals surface area (Å²) in [5.41, 5.74) is 2.88. The molecule has 1 amide bonds. The lowest BCUT2D eigenvalue weighted by molar-refractivity contribution is 0.0772. The number of benzene rings is 1. The monoisotopic (exact) mass is 388 g/mol. The van der Waals surface area contributed by atoms with Gasteiger partial charge in [0.1, 0.15) is 18.1 Å². The molecule has 8 heteroatoms. The molecule has 7 nitrogen and oxygen atoms in total. The molecule has 0 fully saturated rings. The Morgan fingerprint density at radius 1 is 1.30 bits per heavy atom. The first kappa shape index (κ1) is 19.0. The van der Waals surface area contributed by atoms with Crippen LogP contribution in [0.4, 0.5) is 0 Å². The van der Waals surface area contributed by atoms with Crippen LogP contribution in [0.3, 0.4) is 0 Å². The number of aromatic nitrogens is 3. The zero-order valence-electron chi connectivity index (χ0n) is 15.7. The average molecular weight is 389 g/mol. The van der Waals surface area contributed by atoms with Crippen LogP contribution in [0.25, 0.3) is 0 Å². The van der Waals surface area contributed by atoms with Crippen LogP contribution < -0.4 is 4.74 Å². The lowest BCUT2D eigenvalue weighted by Gasteiger charge is -2.16. The molecule has 142 valence electrons. The highest BCUT2D eigenvalue weighted by Crippen LogP contribution is 2.21. The van der Waals surface area contributed by atoms with Gasteiger partial charge in [0.05, 0.1) is 11.8 Å². The van der Waals surface area contributed by atoms with Gasteiger partial charge in [-0.25, -0.2) is 0 Å². The molecule has 1 aromatic carbocycles. The Balaban J connectivity index is 1.73. The summed E-state index contributed by atoms with van der Waals surface area (Å²) in [6, 6.07) is 7.02. The highest BCUT2D eigenvalue weighted by atomic mass is 35.5. The van der Waals surface area contributed by atoms with Crippen molar-refractivity contribution in [3.05, 3.63) is 63.8 Å². The fourth-order valence-electron chi connectivity index (χ4n) is 2.62. The van der Waals surface area contributed by atoms with Gasteiger partial charge in [0.15, 0.2) is 5.69 Å². The number of halogens is 1. The minimum atomic E-state index is -0.232. The molecule has 3 rings (SSSR count). The number of aryl methyl sites for hydroxylation is 2. The summed E-state index contributed by atoms with van der Waals surface area (Å²) in [6.07, 6.45) is 1.76. The quantitative estimate of drug-likeness (QED) is 0.645. The highest BCUT2D eigenvalue weighted by Gasteiger charge is 2.24. The minimum Gasteiger partial charge on any atom is -0.489 e. The minimum absolute atomic E-state index is 0.178. The smallest absolute Gasteiger partial charge is 0.276 e. The SMILES string of the molecule is Cc1onc(C(=O)N(C)Cc2cnn(C)c2C)c1COc1ccc(Cl)cc1. The van der Waals surface area contributed by atoms with E-state index in [9.17, 15) is 4.79 Å². The van der Waals surface area contributed by atoms with Crippen LogP contribution in [0.5, 0.6) is 5.75 Å². The zero-order valence-corrected chi connectivity index (χ0v) is 16.4. The largest absolute Gasteiger partial charge is 0.489 e. The second-order valence-electron chi connectivity index (χ2n) is 6.35. The fraction of sp³-hybridized carbons (Fsp3) is 0.316. The van der Waals surface area contributed by atoms with E-state index in [0.717, 1.165) is 11.3 Å². The van der Waals surface area contributed by atoms with Crippen LogP contribution in [0, 0.1) is 13.8 Å². The third-order valence-corrected chi connectivity index (χ3v) is 4.73. The average Bonchev–Trinajstić information content (AvgIpc) is 3.17. The van der Waals surface area contributed by atoms with E-state index in [0.29, 0.717) is 28.6 Å². The molecule has 0 atom stereocenters. The first-order valence-corrected chi connectivity index (χ1v) is 8.81. The lowest BCUT2D eigenvalue weighted by atomic mass is 10.1. The molecule has 0 unspecified atom stereocenters. The van der Waals surface area contributed by atoms with E-state index in [1.54, 1.807) is 54.0 Å². The van der Waals surface area contributed by atoms with Crippen LogP contribution in [0.2, 0.25) is 5.02 Å². The van der Waals surface area contributed by atoms with E-state index in [2.05, 4.69) is 10.3 Å². The van der Waals surface area contributed by atoms with Gasteiger partial charge in [-0.1, -0.05) is 16.8 Å². The third-order valence-electron chi connectivity index (χ3n) is 4.48. The molecular formula is C19H21ClN4O3. The number of hydrogen-bond donors (Lipinski definition) is 0. The zero-order chi connectivity index (χ0) is 19.6. The Kier molecular flexibility index (Phi) is 5.51. The van der Waals surface area contributed by atoms with Gasteiger partial charge in [0.25, 0.3) is 5.91 Å². The van der Waals surface area contributed by atoms with Gasteiger partial charge >= 0.3 is 0 Å². The molecule has 0 saturated carbocycles. The summed E-state index contributed by atoms with van der Waals surface area (Å²) in [5, 5.41) is 8.78. The van der Waals surface area contributed by atoms with Gasteiger partial charge < -0.3 is 14.2 Å². The number of amides is 1. The van der Waals surface area contributed by atoms with Crippen molar-refractivity contribution in [1.29, 1.82) is 0 Å². The Labute approximate surface area is 162 Å². The summed E-state index contributed by atoms with van der Waals surface area (Å²) >= 11 is 5.88. The molecule has 0 N–H and O–H groups in total. The molecule has 2 heterocycles. The topological polar surface area (TPSA) is 73.4 Å². The predicted octanol–water partition coefficient (Wildman–Crippen LogP) is 3.53. The second-order valence-corrected chi connectivity index (χ2v) is 6.78. The number of carbonyl (C=O) groups is 1. The van der Waals surface area contributed by atoms with E-state index in [1.807, 2.05) is 14.0 Å². The molecule has 0 radical (unpaired) electrons. The second kappa shape index (κ2) is 7.84. The van der Waals surface area contributed by atoms with E-state index >= 15 is 0 Å². The van der Waals surface area contributed by atoms with Crippen LogP contribution in [0.15, 0.2) is 35.0 Å². The maximum atomic E-state index is 12.9. The number of ether oxygens (including phenoxy) is 1. The standard InChI is InChI=1S/C19H21ClN4O3/c1-12-14(9-21-24(12)4)10-23(3)19(25)18-17(13(2)27-22-18)11-26-16-7-5-15(20)6-8-16/h5-9H,10-11H2,1-4H3. The Morgan fingerprint density at radius 2 is 2.00 bits per heavy atom. The van der Waals surface area contributed by atoms with Gasteiger partial charge in [-0.3, -0.25) is 9.48 Å². The summed E-state index contributed by atoms with van der Waals surface area (Å²) < 4.78 is 12.8. The molecule has 0 bridgehead atoms. The van der Waals surface area contributed by atoms with Gasteiger partial charge in [0.2, 0.25) is 0 Å². The number of rotatable bonds is 6. The number of nitrogens with zero attached hydrogens (tertiary/aromatic N) is 4. The van der Waals surface area contributed by atoms with Crippen molar-refractivity contribution >= 4 is 17.5 Å². The number of hydrogen-bond acceptors (Lipinski definition) is 5. The van der Waals surface area contributed by atoms with Crippen molar-refractivity contribution in [3.8, 4) is 5.75 Å². The van der Waals surface area contributed by atoms with Crippen molar-refractivity contribution in [1.82, 2.24) is 19.8 Å². The maximum absolute atomic E-state index is 12.9. The van der Waals surface area contributed by atoms with Crippen LogP contribution in [-0.2, 0) is 20.2 Å². The highest BCUT2D eigenvalue weighted by molar-refractivity contribution is 6.30. The summed E-state index contributed by atoms with van der Waals surface area (Å²) in [7, 11) is 3.59. The molecule has 0 aliphatic heterocycles. The molecule has 0 saturated heterocycles. The Hall–Kier alpha value is -2.80. The normalized spacial score (nSPS) is 10.9. The first-order chi connectivity index (χ1) is 12.9. The third kappa shape index (κ3) is 4.14. The van der Waals surface area contributed by atoms with Gasteiger partial charge in [-0.05, 0) is 38.1 Å². The maximum Gasteiger partial charge on any atom is 0.276 e. The van der Waals surface area contributed by atoms with Crippen molar-refractivity contribution in [2.24, 2.45) is 7.05 Å². The Bertz CT molecular complexity index is 947. The van der Waals surface area contributed by atoms with Gasteiger partial charge in [-0.2, -0.15) is 5.10 Å². The summed E-state index contributed by atoms with van der Waals surface area (Å²) in [4.78, 5) is 14.5. The van der Waals surface area contributed by atoms with Crippen molar-refractivity contribution in [2.75, 3.05) is 7.05 Å². The van der Waals surface area contributed by atoms with Crippen LogP contribution in [-0.4, -0.2) is 32.8 Å². The van der Waals surface area contributed by atoms with Crippen molar-refractivity contribution in [3.63, 3.8) is 0 Å². The molecule has 0 aliphatic rings. The van der Waals surface area contributed by atoms with Gasteiger partial charge in [0, 0.05) is 36.9 Å². The molecular weight excluding hydrogens is 368 g/mol. The van der Waals surface area contributed by atoms with Crippen LogP contribution >= 0.6 is 11.6 Å². The summed E-state index contributed by atoms with van der Waals surface area (Å²) in [5.74, 6) is 0.973. The van der Waals surface area contributed by atoms with E-state index < -0.39 is 0 Å². The lowest BCUT2D eigenvalue weighted by Crippen LogP contribution is -2.27. The summed E-state index contributed by atoms with van der Waals surface area (Å²) in [6.45, 7) is 4.33. The number of carbonyl (C=O) groups excluding carboxylic acids is 1. The molecule has 27 heavy (non-hydrogen) atoms. The molecule has 0 aliphatic carbocycles. The van der Waals surface area contributed by atoms with Crippen molar-refractivity contribution < 1.29 is 14.1 Å². The fourth-order valence-corrected chi connectivity index (χ4v) is 2.75. The van der Waals surface area contributed by atoms with Crippen molar-refractivity contribution in [2.45, 2.75) is 27.0 Å². The van der Waals surface area contributed by atoms with E-state index in [-0.39, 0.29) is 18.2 Å². The van der Waals surface area contributed by atoms with Crippen LogP contribution in [0.1, 0.15) is 33.1 Å². The van der Waals surface area contributed by atoms with Gasteiger partial charge in [-0.15, -0.1) is 0 Å². The molecule has 3 aromatic rings. The Morgan fingerprint density at radius 3 is 2.63 bits per heavy atom. The first-order valence-electron chi connectivity index (χ1n) is 8.43. The van der Waals surface area contributed by atoms with E-state index in [1.165, 1.54) is 0 Å². The molecule has 2 aromatic heterocycles. The molecule has 0 spiro atoms. The van der Waals surface area contributed by atoms with E-state index in [4.69, 9.17) is 20.9 Å². The predicted molar refractivity (Wildman–Crippen MR) is 101 cm³/mol.